The van der Waals surface area contributed by atoms with Crippen molar-refractivity contribution in [1.82, 2.24) is 14.7 Å². The molecule has 0 saturated carbocycles. The van der Waals surface area contributed by atoms with Crippen LogP contribution in [0, 0.1) is 13.8 Å². The highest BCUT2D eigenvalue weighted by Crippen LogP contribution is 2.09. The Hall–Kier alpha value is -2.71. The molecule has 0 atom stereocenters. The van der Waals surface area contributed by atoms with E-state index in [1.165, 1.54) is 14.0 Å². The summed E-state index contributed by atoms with van der Waals surface area (Å²) >= 11 is 0. The van der Waals surface area contributed by atoms with Gasteiger partial charge in [-0.1, -0.05) is 0 Å². The van der Waals surface area contributed by atoms with Crippen LogP contribution in [0.5, 0.6) is 0 Å². The van der Waals surface area contributed by atoms with Gasteiger partial charge in [0.25, 0.3) is 11.5 Å². The van der Waals surface area contributed by atoms with Gasteiger partial charge >= 0.3 is 5.97 Å². The van der Waals surface area contributed by atoms with Gasteiger partial charge < -0.3 is 15.7 Å². The number of carbonyl (C=O) groups is 3. The summed E-state index contributed by atoms with van der Waals surface area (Å²) in [4.78, 5) is 46.9. The van der Waals surface area contributed by atoms with Crippen molar-refractivity contribution in [3.8, 4) is 0 Å². The molecule has 1 heterocycles. The first-order valence-electron chi connectivity index (χ1n) is 5.99. The third kappa shape index (κ3) is 3.65. The molecule has 1 rings (SSSR count). The van der Waals surface area contributed by atoms with Crippen LogP contribution < -0.4 is 11.3 Å². The summed E-state index contributed by atoms with van der Waals surface area (Å²) in [7, 11) is 1.38. The van der Waals surface area contributed by atoms with E-state index in [-0.39, 0.29) is 5.56 Å². The number of amides is 2. The fraction of sp³-hybridized carbons (Fsp3) is 0.417. The monoisotopic (exact) mass is 296 g/mol. The fourth-order valence-corrected chi connectivity index (χ4v) is 1.81. The van der Waals surface area contributed by atoms with Crippen LogP contribution >= 0.6 is 0 Å². The largest absolute Gasteiger partial charge is 0.480 e. The van der Waals surface area contributed by atoms with Crippen LogP contribution in [0.3, 0.4) is 0 Å². The number of carbonyl (C=O) groups excluding carboxylic acids is 2. The van der Waals surface area contributed by atoms with Crippen molar-refractivity contribution in [3.63, 3.8) is 0 Å². The van der Waals surface area contributed by atoms with E-state index in [1.54, 1.807) is 6.92 Å². The lowest BCUT2D eigenvalue weighted by atomic mass is 10.1. The smallest absolute Gasteiger partial charge is 0.323 e. The van der Waals surface area contributed by atoms with Crippen molar-refractivity contribution in [3.05, 3.63) is 27.2 Å². The number of primary amides is 1. The lowest BCUT2D eigenvalue weighted by Gasteiger charge is -2.20. The first-order chi connectivity index (χ1) is 9.65. The Morgan fingerprint density at radius 1 is 1.29 bits per heavy atom. The molecular weight excluding hydrogens is 280 g/mol. The van der Waals surface area contributed by atoms with Gasteiger partial charge in [0.1, 0.15) is 18.7 Å². The van der Waals surface area contributed by atoms with Crippen LogP contribution in [-0.4, -0.2) is 50.7 Å². The Labute approximate surface area is 120 Å². The van der Waals surface area contributed by atoms with E-state index in [4.69, 9.17) is 10.8 Å². The lowest BCUT2D eigenvalue weighted by molar-refractivity contribution is -0.138. The molecule has 2 amide bonds. The third-order valence-corrected chi connectivity index (χ3v) is 2.90. The average Bonchev–Trinajstić information content (AvgIpc) is 2.34. The predicted octanol–water partition coefficient (Wildman–Crippen LogP) is -1.59. The van der Waals surface area contributed by atoms with E-state index in [0.717, 1.165) is 4.68 Å². The molecule has 21 heavy (non-hydrogen) atoms. The van der Waals surface area contributed by atoms with E-state index in [2.05, 4.69) is 5.10 Å². The molecule has 0 aromatic carbocycles. The summed E-state index contributed by atoms with van der Waals surface area (Å²) in [5, 5.41) is 12.7. The van der Waals surface area contributed by atoms with Crippen LogP contribution in [0.1, 0.15) is 21.6 Å². The molecule has 0 aliphatic carbocycles. The van der Waals surface area contributed by atoms with Crippen LogP contribution in [0.4, 0.5) is 0 Å². The van der Waals surface area contributed by atoms with Gasteiger partial charge in [-0.05, 0) is 19.4 Å². The van der Waals surface area contributed by atoms with Crippen molar-refractivity contribution in [1.29, 1.82) is 0 Å². The summed E-state index contributed by atoms with van der Waals surface area (Å²) in [6, 6.07) is 0. The number of rotatable bonds is 5. The minimum absolute atomic E-state index is 0.215. The summed E-state index contributed by atoms with van der Waals surface area (Å²) in [5.41, 5.74) is 4.91. The Bertz CT molecular complexity index is 648. The van der Waals surface area contributed by atoms with Gasteiger partial charge in [-0.2, -0.15) is 5.10 Å². The van der Waals surface area contributed by atoms with Crippen molar-refractivity contribution >= 4 is 17.8 Å². The maximum Gasteiger partial charge on any atom is 0.323 e. The van der Waals surface area contributed by atoms with Crippen molar-refractivity contribution < 1.29 is 19.5 Å². The molecular formula is C12H16N4O5. The SMILES string of the molecule is Cc1nn(C)c(=O)c(C(=O)N(CC(N)=O)CC(=O)O)c1C. The molecule has 0 spiro atoms. The number of hydrogen-bond donors (Lipinski definition) is 2. The van der Waals surface area contributed by atoms with Crippen molar-refractivity contribution in [2.45, 2.75) is 13.8 Å². The topological polar surface area (TPSA) is 136 Å². The normalized spacial score (nSPS) is 10.2. The zero-order chi connectivity index (χ0) is 16.3. The molecule has 3 N–H and O–H groups in total. The summed E-state index contributed by atoms with van der Waals surface area (Å²) in [5.74, 6) is -3.05. The van der Waals surface area contributed by atoms with E-state index in [1.807, 2.05) is 0 Å². The average molecular weight is 296 g/mol. The van der Waals surface area contributed by atoms with Crippen LogP contribution in [0.25, 0.3) is 0 Å². The number of aromatic nitrogens is 2. The number of nitrogens with zero attached hydrogens (tertiary/aromatic N) is 3. The van der Waals surface area contributed by atoms with Gasteiger partial charge in [-0.25, -0.2) is 4.68 Å². The van der Waals surface area contributed by atoms with Crippen LogP contribution in [-0.2, 0) is 16.6 Å². The van der Waals surface area contributed by atoms with E-state index in [0.29, 0.717) is 16.2 Å². The second-order valence-electron chi connectivity index (χ2n) is 4.54. The number of aryl methyl sites for hydroxylation is 2. The molecule has 0 saturated heterocycles. The minimum Gasteiger partial charge on any atom is -0.480 e. The van der Waals surface area contributed by atoms with E-state index in [9.17, 15) is 19.2 Å². The maximum atomic E-state index is 12.4. The standard InChI is InChI=1S/C12H16N4O5/c1-6-7(2)14-15(3)11(20)10(6)12(21)16(4-8(13)17)5-9(18)19/h4-5H2,1-3H3,(H2,13,17)(H,18,19). The number of hydrogen-bond acceptors (Lipinski definition) is 5. The van der Waals surface area contributed by atoms with Gasteiger partial charge in [0.05, 0.1) is 5.69 Å². The summed E-state index contributed by atoms with van der Waals surface area (Å²) < 4.78 is 0.985. The van der Waals surface area contributed by atoms with Gasteiger partial charge in [-0.3, -0.25) is 19.2 Å². The second-order valence-corrected chi connectivity index (χ2v) is 4.54. The van der Waals surface area contributed by atoms with Crippen molar-refractivity contribution in [2.75, 3.05) is 13.1 Å². The third-order valence-electron chi connectivity index (χ3n) is 2.90. The van der Waals surface area contributed by atoms with Gasteiger partial charge in [0.15, 0.2) is 0 Å². The molecule has 0 aliphatic rings. The number of carboxylic acids is 1. The first kappa shape index (κ1) is 16.3. The molecule has 1 aromatic heterocycles. The van der Waals surface area contributed by atoms with Gasteiger partial charge in [-0.15, -0.1) is 0 Å². The number of aliphatic carboxylic acids is 1. The van der Waals surface area contributed by atoms with Gasteiger partial charge in [0.2, 0.25) is 5.91 Å². The minimum atomic E-state index is -1.31. The molecule has 114 valence electrons. The summed E-state index contributed by atoms with van der Waals surface area (Å²) in [6.45, 7) is 1.82. The van der Waals surface area contributed by atoms with E-state index < -0.39 is 36.4 Å². The predicted molar refractivity (Wildman–Crippen MR) is 71.7 cm³/mol. The zero-order valence-corrected chi connectivity index (χ0v) is 11.9. The zero-order valence-electron chi connectivity index (χ0n) is 11.9. The molecule has 0 radical (unpaired) electrons. The first-order valence-corrected chi connectivity index (χ1v) is 5.99. The maximum absolute atomic E-state index is 12.4. The molecule has 0 unspecified atom stereocenters. The Morgan fingerprint density at radius 2 is 1.86 bits per heavy atom. The molecule has 0 fully saturated rings. The summed E-state index contributed by atoms with van der Waals surface area (Å²) in [6.07, 6.45) is 0. The van der Waals surface area contributed by atoms with Crippen LogP contribution in [0.2, 0.25) is 0 Å². The molecule has 1 aromatic rings. The molecule has 9 heteroatoms. The number of nitrogens with two attached hydrogens (primary N) is 1. The highest BCUT2D eigenvalue weighted by atomic mass is 16.4. The highest BCUT2D eigenvalue weighted by molar-refractivity contribution is 5.98. The van der Waals surface area contributed by atoms with E-state index >= 15 is 0 Å². The van der Waals surface area contributed by atoms with Crippen LogP contribution in [0.15, 0.2) is 4.79 Å². The Morgan fingerprint density at radius 3 is 2.33 bits per heavy atom. The molecule has 0 bridgehead atoms. The molecule has 9 nitrogen and oxygen atoms in total. The quantitative estimate of drug-likeness (QED) is 0.672. The highest BCUT2D eigenvalue weighted by Gasteiger charge is 2.26. The second kappa shape index (κ2) is 6.16. The fourth-order valence-electron chi connectivity index (χ4n) is 1.81. The molecule has 0 aliphatic heterocycles. The van der Waals surface area contributed by atoms with Crippen molar-refractivity contribution in [2.24, 2.45) is 12.8 Å². The number of carboxylic acid groups (broad SMARTS) is 1. The lowest BCUT2D eigenvalue weighted by Crippen LogP contribution is -2.44. The Balaban J connectivity index is 3.36. The Kier molecular flexibility index (Phi) is 4.79. The van der Waals surface area contributed by atoms with Gasteiger partial charge in [0, 0.05) is 7.05 Å².